The maximum Gasteiger partial charge on any atom is 0.271 e. The Kier molecular flexibility index (Phi) is 8.00. The number of halogens is 2. The zero-order chi connectivity index (χ0) is 23.9. The molecule has 2 atom stereocenters. The molecule has 0 spiro atoms. The van der Waals surface area contributed by atoms with Crippen LogP contribution in [0.5, 0.6) is 0 Å². The molecular weight excluding hydrogens is 473 g/mol. The number of imidazole rings is 2. The largest absolute Gasteiger partial charge is 0.391 e. The molecule has 0 radical (unpaired) electrons. The molecule has 2 heterocycles. The highest BCUT2D eigenvalue weighted by molar-refractivity contribution is 6.33. The quantitative estimate of drug-likeness (QED) is 0.356. The molecule has 9 heteroatoms. The number of nitrogens with zero attached hydrogens (tertiary/aromatic N) is 3. The van der Waals surface area contributed by atoms with Gasteiger partial charge in [0.25, 0.3) is 5.91 Å². The van der Waals surface area contributed by atoms with E-state index in [-0.39, 0.29) is 17.6 Å². The Morgan fingerprint density at radius 3 is 2.50 bits per heavy atom. The molecule has 0 aliphatic heterocycles. The van der Waals surface area contributed by atoms with Crippen molar-refractivity contribution in [3.8, 4) is 17.1 Å². The molecule has 0 unspecified atom stereocenters. The van der Waals surface area contributed by atoms with Gasteiger partial charge in [-0.1, -0.05) is 48.2 Å². The van der Waals surface area contributed by atoms with Crippen LogP contribution in [-0.2, 0) is 0 Å². The van der Waals surface area contributed by atoms with Gasteiger partial charge in [-0.2, -0.15) is 0 Å². The highest BCUT2D eigenvalue weighted by Gasteiger charge is 2.26. The van der Waals surface area contributed by atoms with E-state index in [4.69, 9.17) is 23.2 Å². The molecule has 34 heavy (non-hydrogen) atoms. The third-order valence-electron chi connectivity index (χ3n) is 5.61. The van der Waals surface area contributed by atoms with Crippen molar-refractivity contribution in [2.24, 2.45) is 0 Å². The van der Waals surface area contributed by atoms with Gasteiger partial charge in [0.05, 0.1) is 23.5 Å². The van der Waals surface area contributed by atoms with Crippen molar-refractivity contribution in [1.29, 1.82) is 0 Å². The number of benzene rings is 2. The minimum atomic E-state index is -0.519. The lowest BCUT2D eigenvalue weighted by Gasteiger charge is -2.27. The molecule has 5 rings (SSSR count). The molecule has 0 saturated heterocycles. The molecule has 1 amide bonds. The summed E-state index contributed by atoms with van der Waals surface area (Å²) in [7, 11) is 0. The van der Waals surface area contributed by atoms with Crippen LogP contribution in [0.3, 0.4) is 0 Å². The summed E-state index contributed by atoms with van der Waals surface area (Å²) in [6.45, 7) is 0. The van der Waals surface area contributed by atoms with Gasteiger partial charge in [0.1, 0.15) is 11.5 Å². The molecule has 1 fully saturated rings. The molecule has 3 N–H and O–H groups in total. The number of aliphatic hydroxyl groups excluding tert-OH is 1. The van der Waals surface area contributed by atoms with Gasteiger partial charge in [-0.25, -0.2) is 9.97 Å². The maximum atomic E-state index is 12.9. The Balaban J connectivity index is 0.000000486. The van der Waals surface area contributed by atoms with E-state index < -0.39 is 6.10 Å². The van der Waals surface area contributed by atoms with Gasteiger partial charge >= 0.3 is 0 Å². The number of nitrogens with one attached hydrogen (secondary N) is 2. The molecule has 2 aromatic carbocycles. The summed E-state index contributed by atoms with van der Waals surface area (Å²) in [5, 5.41) is 14.3. The summed E-state index contributed by atoms with van der Waals surface area (Å²) in [6, 6.07) is 14.4. The molecule has 1 saturated carbocycles. The fourth-order valence-corrected chi connectivity index (χ4v) is 4.20. The van der Waals surface area contributed by atoms with Gasteiger partial charge in [0.2, 0.25) is 0 Å². The number of amides is 1. The van der Waals surface area contributed by atoms with Crippen molar-refractivity contribution in [2.45, 2.75) is 37.8 Å². The van der Waals surface area contributed by atoms with Crippen molar-refractivity contribution >= 4 is 29.1 Å². The zero-order valence-electron chi connectivity index (χ0n) is 18.4. The number of aromatic nitrogens is 4. The lowest BCUT2D eigenvalue weighted by Crippen LogP contribution is -2.45. The average Bonchev–Trinajstić information content (AvgIpc) is 3.55. The number of carbonyl (C=O) groups is 1. The van der Waals surface area contributed by atoms with E-state index in [9.17, 15) is 9.90 Å². The van der Waals surface area contributed by atoms with Crippen molar-refractivity contribution in [3.05, 3.63) is 89.2 Å². The standard InChI is InChI=1S/C22H21Cl2N3O2.C3H4N2/c23-14-9-11-15(12-10-14)27-13-19(22(29)26-18-7-3-4-8-20(18)28)25-21(27)16-5-1-2-6-17(16)24;1-2-5-3-4-1/h1-2,5-6,9-13,18,20,28H,3-4,7-8H2,(H,26,29);1-3H,(H,4,5)/t18-,20-;/m0./s1. The van der Waals surface area contributed by atoms with E-state index in [0.717, 1.165) is 30.5 Å². The predicted octanol–water partition coefficient (Wildman–Crippen LogP) is 5.29. The third-order valence-corrected chi connectivity index (χ3v) is 6.19. The first kappa shape index (κ1) is 24.0. The second kappa shape index (κ2) is 11.3. The first-order valence-electron chi connectivity index (χ1n) is 11.0. The molecule has 176 valence electrons. The van der Waals surface area contributed by atoms with Crippen molar-refractivity contribution < 1.29 is 9.90 Å². The fraction of sp³-hybridized carbons (Fsp3) is 0.240. The van der Waals surface area contributed by atoms with E-state index in [1.54, 1.807) is 43.1 Å². The van der Waals surface area contributed by atoms with Crippen LogP contribution < -0.4 is 5.32 Å². The van der Waals surface area contributed by atoms with Gasteiger partial charge in [0, 0.05) is 34.9 Å². The van der Waals surface area contributed by atoms with Crippen LogP contribution in [0, 0.1) is 0 Å². The molecule has 7 nitrogen and oxygen atoms in total. The van der Waals surface area contributed by atoms with Crippen LogP contribution in [0.15, 0.2) is 73.4 Å². The van der Waals surface area contributed by atoms with E-state index in [2.05, 4.69) is 20.3 Å². The minimum Gasteiger partial charge on any atom is -0.391 e. The second-order valence-corrected chi connectivity index (χ2v) is 8.81. The van der Waals surface area contributed by atoms with Crippen molar-refractivity contribution in [2.75, 3.05) is 0 Å². The topological polar surface area (TPSA) is 95.8 Å². The van der Waals surface area contributed by atoms with Crippen LogP contribution in [0.2, 0.25) is 10.0 Å². The molecule has 1 aliphatic carbocycles. The third kappa shape index (κ3) is 5.86. The Labute approximate surface area is 207 Å². The Bertz CT molecular complexity index is 1190. The number of hydrogen-bond acceptors (Lipinski definition) is 4. The van der Waals surface area contributed by atoms with Crippen molar-refractivity contribution in [3.63, 3.8) is 0 Å². The van der Waals surface area contributed by atoms with Crippen molar-refractivity contribution in [1.82, 2.24) is 24.8 Å². The molecule has 4 aromatic rings. The lowest BCUT2D eigenvalue weighted by molar-refractivity contribution is 0.0714. The van der Waals surface area contributed by atoms with Gasteiger partial charge in [-0.05, 0) is 49.2 Å². The summed E-state index contributed by atoms with van der Waals surface area (Å²) >= 11 is 12.4. The van der Waals surface area contributed by atoms with Crippen LogP contribution in [0.1, 0.15) is 36.2 Å². The number of rotatable bonds is 4. The number of H-pyrrole nitrogens is 1. The van der Waals surface area contributed by atoms with E-state index in [1.807, 2.05) is 34.9 Å². The average molecular weight is 498 g/mol. The Morgan fingerprint density at radius 1 is 1.09 bits per heavy atom. The van der Waals surface area contributed by atoms with Crippen LogP contribution in [0.25, 0.3) is 17.1 Å². The van der Waals surface area contributed by atoms with E-state index >= 15 is 0 Å². The number of carbonyl (C=O) groups excluding carboxylic acids is 1. The lowest BCUT2D eigenvalue weighted by atomic mass is 9.92. The summed E-state index contributed by atoms with van der Waals surface area (Å²) in [4.78, 5) is 23.9. The summed E-state index contributed by atoms with van der Waals surface area (Å²) in [5.41, 5.74) is 1.81. The second-order valence-electron chi connectivity index (χ2n) is 7.97. The molecule has 2 aromatic heterocycles. The van der Waals surface area contributed by atoms with E-state index in [0.29, 0.717) is 22.3 Å². The monoisotopic (exact) mass is 497 g/mol. The Morgan fingerprint density at radius 2 is 1.85 bits per heavy atom. The smallest absolute Gasteiger partial charge is 0.271 e. The highest BCUT2D eigenvalue weighted by atomic mass is 35.5. The van der Waals surface area contributed by atoms with Gasteiger partial charge in [-0.3, -0.25) is 9.36 Å². The van der Waals surface area contributed by atoms with Gasteiger partial charge in [0.15, 0.2) is 0 Å². The summed E-state index contributed by atoms with van der Waals surface area (Å²) in [6.07, 6.45) is 9.69. The fourth-order valence-electron chi connectivity index (χ4n) is 3.86. The van der Waals surface area contributed by atoms with Crippen LogP contribution >= 0.6 is 23.2 Å². The molecule has 1 aliphatic rings. The van der Waals surface area contributed by atoms with Crippen LogP contribution in [-0.4, -0.2) is 42.7 Å². The number of hydrogen-bond donors (Lipinski definition) is 3. The van der Waals surface area contributed by atoms with Crippen LogP contribution in [0.4, 0.5) is 0 Å². The first-order chi connectivity index (χ1) is 16.5. The van der Waals surface area contributed by atoms with Gasteiger partial charge < -0.3 is 15.4 Å². The molecule has 0 bridgehead atoms. The van der Waals surface area contributed by atoms with Gasteiger partial charge in [-0.15, -0.1) is 0 Å². The number of aromatic amines is 1. The SMILES string of the molecule is O=C(N[C@H]1CCCC[C@@H]1O)c1cn(-c2ccc(Cl)cc2)c(-c2ccccc2Cl)n1.c1c[nH]cn1. The van der Waals surface area contributed by atoms with E-state index in [1.165, 1.54) is 0 Å². The minimum absolute atomic E-state index is 0.249. The Hall–Kier alpha value is -3.13. The molecular formula is C25H25Cl2N5O2. The first-order valence-corrected chi connectivity index (χ1v) is 11.8. The normalized spacial score (nSPS) is 17.5. The highest BCUT2D eigenvalue weighted by Crippen LogP contribution is 2.30. The predicted molar refractivity (Wildman–Crippen MR) is 133 cm³/mol. The zero-order valence-corrected chi connectivity index (χ0v) is 19.9. The number of aliphatic hydroxyl groups is 1. The summed E-state index contributed by atoms with van der Waals surface area (Å²) < 4.78 is 1.82. The summed E-state index contributed by atoms with van der Waals surface area (Å²) in [5.74, 6) is 0.254. The maximum absolute atomic E-state index is 12.9.